The number of carbonyl (C=O) groups is 1. The fourth-order valence-corrected chi connectivity index (χ4v) is 4.86. The van der Waals surface area contributed by atoms with Crippen molar-refractivity contribution in [3.63, 3.8) is 0 Å². The molecule has 0 radical (unpaired) electrons. The molecule has 3 aliphatic heterocycles. The number of aliphatic hydroxyl groups is 1. The van der Waals surface area contributed by atoms with Gasteiger partial charge in [0.15, 0.2) is 0 Å². The SMILES string of the molecule is COC1N=CC(N=C(C)C2=C(N)C(C3=CC=C(Cl)CC3)N(C3=CN(C)C(O)C(C)C3)C2=O)=CN1. The van der Waals surface area contributed by atoms with Gasteiger partial charge in [0.05, 0.1) is 34.9 Å². The lowest BCUT2D eigenvalue weighted by atomic mass is 9.93. The van der Waals surface area contributed by atoms with E-state index in [1.54, 1.807) is 43.3 Å². The topological polar surface area (TPSA) is 116 Å². The zero-order valence-corrected chi connectivity index (χ0v) is 20.6. The minimum atomic E-state index is -0.607. The highest BCUT2D eigenvalue weighted by Crippen LogP contribution is 2.39. The first kappa shape index (κ1) is 24.3. The van der Waals surface area contributed by atoms with E-state index in [9.17, 15) is 9.90 Å². The second-order valence-corrected chi connectivity index (χ2v) is 9.43. The average Bonchev–Trinajstić information content (AvgIpc) is 3.08. The fourth-order valence-electron chi connectivity index (χ4n) is 4.70. The number of aliphatic hydroxyl groups excluding tert-OH is 1. The number of methoxy groups -OCH3 is 1. The van der Waals surface area contributed by atoms with Crippen LogP contribution in [0.3, 0.4) is 0 Å². The maximum Gasteiger partial charge on any atom is 0.262 e. The molecule has 4 aliphatic rings. The highest BCUT2D eigenvalue weighted by Gasteiger charge is 2.44. The lowest BCUT2D eigenvalue weighted by Gasteiger charge is -2.39. The van der Waals surface area contributed by atoms with Crippen LogP contribution >= 0.6 is 11.6 Å². The molecule has 0 saturated heterocycles. The summed E-state index contributed by atoms with van der Waals surface area (Å²) in [5.74, 6) is -0.249. The van der Waals surface area contributed by atoms with Crippen molar-refractivity contribution >= 4 is 29.4 Å². The Morgan fingerprint density at radius 1 is 1.38 bits per heavy atom. The summed E-state index contributed by atoms with van der Waals surface area (Å²) in [4.78, 5) is 26.1. The van der Waals surface area contributed by atoms with Crippen molar-refractivity contribution in [2.45, 2.75) is 51.7 Å². The van der Waals surface area contributed by atoms with Gasteiger partial charge in [-0.15, -0.1) is 0 Å². The van der Waals surface area contributed by atoms with E-state index < -0.39 is 18.6 Å². The Labute approximate surface area is 204 Å². The summed E-state index contributed by atoms with van der Waals surface area (Å²) >= 11 is 6.20. The summed E-state index contributed by atoms with van der Waals surface area (Å²) in [6.07, 6.45) is 9.82. The van der Waals surface area contributed by atoms with E-state index in [0.717, 1.165) is 16.3 Å². The van der Waals surface area contributed by atoms with Crippen molar-refractivity contribution in [3.05, 3.63) is 57.8 Å². The van der Waals surface area contributed by atoms with Gasteiger partial charge in [0.25, 0.3) is 5.91 Å². The summed E-state index contributed by atoms with van der Waals surface area (Å²) < 4.78 is 5.13. The summed E-state index contributed by atoms with van der Waals surface area (Å²) in [6.45, 7) is 3.74. The smallest absolute Gasteiger partial charge is 0.262 e. The standard InChI is InChI=1S/C24H31ClN6O3/c1-13-9-18(12-30(3)22(13)32)31-21(15-5-7-16(25)8-6-15)20(26)19(23(31)33)14(2)29-17-10-27-24(34-4)28-11-17/h5,7,10-13,21-22,24,27,32H,6,8-9,26H2,1-4H3. The number of amides is 1. The van der Waals surface area contributed by atoms with Crippen LogP contribution in [0, 0.1) is 5.92 Å². The molecule has 0 fully saturated rings. The zero-order valence-electron chi connectivity index (χ0n) is 19.8. The van der Waals surface area contributed by atoms with Crippen molar-refractivity contribution in [1.82, 2.24) is 15.1 Å². The average molecular weight is 487 g/mol. The number of nitrogens with two attached hydrogens (primary N) is 1. The number of aliphatic imine (C=N–C) groups is 2. The van der Waals surface area contributed by atoms with E-state index in [-0.39, 0.29) is 11.8 Å². The van der Waals surface area contributed by atoms with Gasteiger partial charge in [0, 0.05) is 43.2 Å². The summed E-state index contributed by atoms with van der Waals surface area (Å²) in [6, 6.07) is -0.430. The number of allylic oxidation sites excluding steroid dienone is 5. The van der Waals surface area contributed by atoms with Crippen LogP contribution in [0.1, 0.15) is 33.1 Å². The molecule has 0 spiro atoms. The highest BCUT2D eigenvalue weighted by atomic mass is 35.5. The number of rotatable bonds is 5. The largest absolute Gasteiger partial charge is 0.399 e. The number of nitrogens with one attached hydrogen (secondary N) is 1. The first-order valence-corrected chi connectivity index (χ1v) is 11.7. The first-order chi connectivity index (χ1) is 16.2. The number of carbonyl (C=O) groups excluding carboxylic acids is 1. The van der Waals surface area contributed by atoms with Gasteiger partial charge in [-0.2, -0.15) is 0 Å². The molecule has 0 aromatic carbocycles. The van der Waals surface area contributed by atoms with E-state index in [1.165, 1.54) is 0 Å². The van der Waals surface area contributed by atoms with Crippen LogP contribution in [0.4, 0.5) is 0 Å². The molecule has 4 rings (SSSR count). The molecule has 1 amide bonds. The van der Waals surface area contributed by atoms with Crippen molar-refractivity contribution in [3.8, 4) is 0 Å². The van der Waals surface area contributed by atoms with Gasteiger partial charge < -0.3 is 25.8 Å². The van der Waals surface area contributed by atoms with Gasteiger partial charge in [-0.25, -0.2) is 9.98 Å². The Bertz CT molecular complexity index is 1090. The molecular formula is C24H31ClN6O3. The molecule has 0 aromatic rings. The van der Waals surface area contributed by atoms with Crippen LogP contribution < -0.4 is 11.1 Å². The van der Waals surface area contributed by atoms with Crippen molar-refractivity contribution < 1.29 is 14.6 Å². The molecular weight excluding hydrogens is 456 g/mol. The summed E-state index contributed by atoms with van der Waals surface area (Å²) in [5, 5.41) is 14.1. The Balaban J connectivity index is 1.73. The lowest BCUT2D eigenvalue weighted by Crippen LogP contribution is -2.44. The van der Waals surface area contributed by atoms with E-state index >= 15 is 0 Å². The molecule has 4 atom stereocenters. The van der Waals surface area contributed by atoms with Crippen LogP contribution in [0.2, 0.25) is 0 Å². The second kappa shape index (κ2) is 9.77. The van der Waals surface area contributed by atoms with E-state index in [1.807, 2.05) is 25.3 Å². The molecule has 182 valence electrons. The third-order valence-electron chi connectivity index (χ3n) is 6.47. The lowest BCUT2D eigenvalue weighted by molar-refractivity contribution is -0.125. The van der Waals surface area contributed by atoms with Gasteiger partial charge in [0.1, 0.15) is 6.23 Å². The monoisotopic (exact) mass is 486 g/mol. The molecule has 0 aromatic heterocycles. The van der Waals surface area contributed by atoms with Crippen molar-refractivity contribution in [2.24, 2.45) is 21.6 Å². The van der Waals surface area contributed by atoms with Crippen LogP contribution in [0.25, 0.3) is 0 Å². The first-order valence-electron chi connectivity index (χ1n) is 11.3. The second-order valence-electron chi connectivity index (χ2n) is 8.94. The molecule has 34 heavy (non-hydrogen) atoms. The Morgan fingerprint density at radius 3 is 2.74 bits per heavy atom. The van der Waals surface area contributed by atoms with Crippen molar-refractivity contribution in [2.75, 3.05) is 14.2 Å². The Kier molecular flexibility index (Phi) is 6.97. The third-order valence-corrected chi connectivity index (χ3v) is 6.79. The molecule has 3 heterocycles. The predicted molar refractivity (Wildman–Crippen MR) is 132 cm³/mol. The number of hydrogen-bond donors (Lipinski definition) is 3. The molecule has 10 heteroatoms. The summed E-state index contributed by atoms with van der Waals surface area (Å²) in [5.41, 5.74) is 10.4. The van der Waals surface area contributed by atoms with Crippen LogP contribution in [0.5, 0.6) is 0 Å². The Morgan fingerprint density at radius 2 is 2.15 bits per heavy atom. The number of ether oxygens (including phenoxy) is 1. The summed E-state index contributed by atoms with van der Waals surface area (Å²) in [7, 11) is 3.36. The van der Waals surface area contributed by atoms with E-state index in [0.29, 0.717) is 41.9 Å². The van der Waals surface area contributed by atoms with Crippen LogP contribution in [0.15, 0.2) is 67.8 Å². The van der Waals surface area contributed by atoms with E-state index in [4.69, 9.17) is 22.1 Å². The minimum Gasteiger partial charge on any atom is -0.399 e. The molecule has 0 saturated carbocycles. The van der Waals surface area contributed by atoms with Gasteiger partial charge in [-0.3, -0.25) is 9.69 Å². The normalized spacial score (nSPS) is 30.2. The molecule has 0 bridgehead atoms. The van der Waals surface area contributed by atoms with Gasteiger partial charge >= 0.3 is 0 Å². The predicted octanol–water partition coefficient (Wildman–Crippen LogP) is 2.29. The zero-order chi connectivity index (χ0) is 24.6. The van der Waals surface area contributed by atoms with Gasteiger partial charge in [-0.1, -0.05) is 24.6 Å². The number of hydrogen-bond acceptors (Lipinski definition) is 8. The Hall–Kier alpha value is -2.88. The maximum absolute atomic E-state index is 13.8. The highest BCUT2D eigenvalue weighted by molar-refractivity contribution is 6.29. The fraction of sp³-hybridized carbons (Fsp3) is 0.458. The number of halogens is 1. The van der Waals surface area contributed by atoms with Gasteiger partial charge in [0.2, 0.25) is 6.35 Å². The maximum atomic E-state index is 13.8. The van der Waals surface area contributed by atoms with Gasteiger partial charge in [-0.05, 0) is 37.8 Å². The number of nitrogens with zero attached hydrogens (tertiary/aromatic N) is 4. The molecule has 9 nitrogen and oxygen atoms in total. The molecule has 1 aliphatic carbocycles. The van der Waals surface area contributed by atoms with Crippen LogP contribution in [-0.2, 0) is 9.53 Å². The minimum absolute atomic E-state index is 0.0448. The third kappa shape index (κ3) is 4.55. The quantitative estimate of drug-likeness (QED) is 0.513. The molecule has 4 unspecified atom stereocenters. The van der Waals surface area contributed by atoms with Crippen molar-refractivity contribution in [1.29, 1.82) is 0 Å². The van der Waals surface area contributed by atoms with E-state index in [2.05, 4.69) is 15.3 Å². The molecule has 4 N–H and O–H groups in total. The van der Waals surface area contributed by atoms with Crippen LogP contribution in [-0.4, -0.2) is 65.5 Å².